The summed E-state index contributed by atoms with van der Waals surface area (Å²) in [6.07, 6.45) is -2.56. The molecule has 1 saturated heterocycles. The third kappa shape index (κ3) is 37.2. The van der Waals surface area contributed by atoms with Gasteiger partial charge < -0.3 is 122 Å². The van der Waals surface area contributed by atoms with Crippen molar-refractivity contribution in [1.82, 2.24) is 74.0 Å². The zero-order chi connectivity index (χ0) is 93.5. The fourth-order valence-electron chi connectivity index (χ4n) is 14.0. The Bertz CT molecular complexity index is 4110. The van der Waals surface area contributed by atoms with E-state index in [4.69, 9.17) is 28.3 Å². The van der Waals surface area contributed by atoms with Gasteiger partial charge in [0.15, 0.2) is 12.0 Å². The van der Waals surface area contributed by atoms with Crippen molar-refractivity contribution in [3.63, 3.8) is 0 Å². The number of carboxylic acid groups (broad SMARTS) is 1. The molecule has 0 aliphatic carbocycles. The third-order valence-corrected chi connectivity index (χ3v) is 21.3. The van der Waals surface area contributed by atoms with Crippen LogP contribution in [0.1, 0.15) is 169 Å². The van der Waals surface area contributed by atoms with Gasteiger partial charge in [-0.25, -0.2) is 0 Å². The van der Waals surface area contributed by atoms with Gasteiger partial charge in [0.05, 0.1) is 33.8 Å². The molecule has 15 amide bonds. The first-order chi connectivity index (χ1) is 58.8. The van der Waals surface area contributed by atoms with Gasteiger partial charge in [-0.15, -0.1) is 0 Å². The maximum absolute atomic E-state index is 14.8. The molecule has 3 aromatic carbocycles. The van der Waals surface area contributed by atoms with E-state index in [0.29, 0.717) is 49.8 Å². The molecule has 1 heterocycles. The summed E-state index contributed by atoms with van der Waals surface area (Å²) in [5.41, 5.74) is 24.0. The van der Waals surface area contributed by atoms with E-state index in [1.807, 2.05) is 51.5 Å². The number of carbonyl (C=O) groups excluding carboxylic acids is 16. The Morgan fingerprint density at radius 1 is 0.496 bits per heavy atom. The number of likely N-dealkylation sites (N-methyl/N-ethyl adjacent to an activating group) is 1. The van der Waals surface area contributed by atoms with Gasteiger partial charge in [-0.2, -0.15) is 0 Å². The molecule has 0 bridgehead atoms. The highest BCUT2D eigenvalue weighted by molar-refractivity contribution is 6.00. The van der Waals surface area contributed by atoms with Crippen molar-refractivity contribution in [2.45, 2.75) is 256 Å². The number of guanidine groups is 1. The van der Waals surface area contributed by atoms with Crippen LogP contribution in [0.3, 0.4) is 0 Å². The second-order valence-electron chi connectivity index (χ2n) is 34.0. The summed E-state index contributed by atoms with van der Waals surface area (Å²) < 4.78 is 0.251. The number of amides is 15. The van der Waals surface area contributed by atoms with Crippen molar-refractivity contribution in [1.29, 1.82) is 5.41 Å². The third-order valence-electron chi connectivity index (χ3n) is 21.3. The average molecular weight is 1750 g/mol. The van der Waals surface area contributed by atoms with Crippen molar-refractivity contribution >= 4 is 101 Å². The quantitative estimate of drug-likeness (QED) is 0.0114. The highest BCUT2D eigenvalue weighted by Gasteiger charge is 2.44. The van der Waals surface area contributed by atoms with Crippen molar-refractivity contribution in [2.75, 3.05) is 47.3 Å². The lowest BCUT2D eigenvalue weighted by atomic mass is 9.96. The van der Waals surface area contributed by atoms with Gasteiger partial charge in [0.25, 0.3) is 5.91 Å². The molecule has 0 saturated carbocycles. The van der Waals surface area contributed by atoms with Gasteiger partial charge in [0.2, 0.25) is 82.7 Å². The Kier molecular flexibility index (Phi) is 44.5. The molecule has 1 aliphatic heterocycles. The van der Waals surface area contributed by atoms with Crippen LogP contribution in [-0.2, 0) is 96.0 Å². The number of unbranched alkanes of at least 4 members (excludes halogenated alkanes) is 1. The predicted molar refractivity (Wildman–Crippen MR) is 462 cm³/mol. The van der Waals surface area contributed by atoms with Gasteiger partial charge >= 0.3 is 0 Å². The molecule has 125 heavy (non-hydrogen) atoms. The van der Waals surface area contributed by atoms with E-state index >= 15 is 0 Å². The largest absolute Gasteiger partial charge is 0.550 e. The Morgan fingerprint density at radius 2 is 0.944 bits per heavy atom. The number of aromatic hydroxyl groups is 1. The molecule has 24 N–H and O–H groups in total. The minimum Gasteiger partial charge on any atom is -0.550 e. The zero-order valence-corrected chi connectivity index (χ0v) is 73.9. The first-order valence-corrected chi connectivity index (χ1v) is 42.7. The highest BCUT2D eigenvalue weighted by atomic mass is 16.4. The van der Waals surface area contributed by atoms with E-state index in [1.165, 1.54) is 29.2 Å². The summed E-state index contributed by atoms with van der Waals surface area (Å²) in [5.74, 6) is -17.2. The molecule has 15 atom stereocenters. The fourth-order valence-corrected chi connectivity index (χ4v) is 14.0. The Hall–Kier alpha value is -11.9. The number of aliphatic carboxylic acids is 1. The molecule has 0 spiro atoms. The standard InChI is InChI=1S/C86H134N20O19/c1-13-51(8)71(103-81(121)65-30-23-41-105(65)85(125)70(50(6)7)102-82(122)66(106(10,11)12)46-54-26-18-15-19-27-54)83(123)101-64(44-53-24-16-14-17-25-53)80(120)104-72(52(9)107)84(124)100-63(45-55-31-33-56(108)34-32-55)74(114)93-47-68(110)94-59(36-38-69(111)112)76(116)99-62(43-49(4)5)79(119)97-60(35-37-67(88)109)77(117)96-58(29-22-40-92-86(90)91)75(115)98-61(42-48(2)3)78(118)95-57(73(89)113)28-20-21-39-87/h14-19,24-27,31-34,48-52,57-66,70-72,107H,13,20-23,28-30,35-47,87H2,1-12H3,(H21-,88,89,90,91,92,93,94,95,96,97,98,99,100,101,102,103,104,108,109,110,111,112,113,114,115,116,117,118,119,120,121,122,123,124)/t51-,52+,57-,58+,59-,60-,61-,62-,63-,64-,65-,66-,70-,71-,72-/m0/s1. The van der Waals surface area contributed by atoms with Crippen molar-refractivity contribution in [3.8, 4) is 5.75 Å². The number of phenolic OH excluding ortho intramolecular Hbond substituents is 1. The summed E-state index contributed by atoms with van der Waals surface area (Å²) in [7, 11) is 5.67. The number of quaternary nitrogens is 1. The predicted octanol–water partition coefficient (Wildman–Crippen LogP) is -3.22. The van der Waals surface area contributed by atoms with Gasteiger partial charge in [0.1, 0.15) is 78.3 Å². The number of nitrogens with zero attached hydrogens (tertiary/aromatic N) is 2. The van der Waals surface area contributed by atoms with Crippen LogP contribution in [0.4, 0.5) is 0 Å². The Labute approximate surface area is 730 Å². The average Bonchev–Trinajstić information content (AvgIpc) is 1.72. The summed E-state index contributed by atoms with van der Waals surface area (Å²) in [6, 6.07) is 5.25. The maximum Gasteiger partial charge on any atom is 0.279 e. The van der Waals surface area contributed by atoms with Gasteiger partial charge in [-0.3, -0.25) is 77.3 Å². The second kappa shape index (κ2) is 52.7. The van der Waals surface area contributed by atoms with Crippen LogP contribution < -0.4 is 97.2 Å². The van der Waals surface area contributed by atoms with Crippen molar-refractivity contribution in [3.05, 3.63) is 102 Å². The van der Waals surface area contributed by atoms with E-state index in [9.17, 15) is 92.0 Å². The van der Waals surface area contributed by atoms with Crippen LogP contribution in [0.2, 0.25) is 0 Å². The van der Waals surface area contributed by atoms with Crippen LogP contribution in [0.15, 0.2) is 84.9 Å². The van der Waals surface area contributed by atoms with E-state index in [1.54, 1.807) is 85.7 Å². The molecule has 39 heteroatoms. The highest BCUT2D eigenvalue weighted by Crippen LogP contribution is 2.24. The summed E-state index contributed by atoms with van der Waals surface area (Å²) in [6.45, 7) is 14.6. The monoisotopic (exact) mass is 1750 g/mol. The molecule has 692 valence electrons. The lowest BCUT2D eigenvalue weighted by Crippen LogP contribution is -2.63. The number of rotatable bonds is 55. The molecule has 1 fully saturated rings. The molecule has 0 unspecified atom stereocenters. The number of benzene rings is 3. The molecule has 0 radical (unpaired) electrons. The number of carbonyl (C=O) groups is 16. The van der Waals surface area contributed by atoms with Crippen LogP contribution in [0.25, 0.3) is 0 Å². The van der Waals surface area contributed by atoms with Gasteiger partial charge in [0, 0.05) is 44.7 Å². The molecule has 4 rings (SSSR count). The summed E-state index contributed by atoms with van der Waals surface area (Å²) >= 11 is 0. The van der Waals surface area contributed by atoms with Crippen molar-refractivity contribution in [2.24, 2.45) is 46.6 Å². The molecule has 3 aromatic rings. The summed E-state index contributed by atoms with van der Waals surface area (Å²) in [4.78, 5) is 226. The first-order valence-electron chi connectivity index (χ1n) is 42.7. The lowest BCUT2D eigenvalue weighted by molar-refractivity contribution is -0.886. The number of carboxylic acids is 1. The minimum atomic E-state index is -1.89. The van der Waals surface area contributed by atoms with E-state index < -0.39 is 229 Å². The Morgan fingerprint density at radius 3 is 1.42 bits per heavy atom. The second-order valence-corrected chi connectivity index (χ2v) is 34.0. The van der Waals surface area contributed by atoms with Crippen LogP contribution in [0, 0.1) is 29.1 Å². The number of nitrogens with two attached hydrogens (primary N) is 4. The number of hydrogen-bond acceptors (Lipinski definition) is 21. The topological polar surface area (TPSA) is 624 Å². The number of aliphatic hydroxyl groups excluding tert-OH is 1. The molecule has 1 aliphatic rings. The SMILES string of the molecule is CC[C@H](C)[C@H](NC(=O)[C@@H]1CCCN1C(=O)[C@@H](NC(=O)[C@H](Cc1ccccc1)[N+](C)(C)C)C(C)C)C(=O)N[C@@H](Cc1ccccc1)C(=O)N[C@H](C(=O)N[C@@H](Cc1ccc(O)cc1)C(=O)NCC(=O)N[C@@H](CCC(=O)[O-])C(=O)N[C@@H](CC(C)C)C(=O)N[C@@H](CCC(N)=O)C(=O)N[C@H](CCCNC(=N)N)C(=O)N[C@@H](CC(C)C)C(=O)N[C@@H](CCCCN)C(N)=O)[C@@H](C)O. The number of phenols is 1. The van der Waals surface area contributed by atoms with E-state index in [0.717, 1.165) is 12.5 Å². The molecule has 0 aromatic heterocycles. The van der Waals surface area contributed by atoms with Crippen LogP contribution in [0.5, 0.6) is 5.75 Å². The fraction of sp³-hybridized carbons (Fsp3) is 0.593. The Balaban J connectivity index is 1.59. The number of primary amides is 2. The normalized spacial score (nSPS) is 16.0. The van der Waals surface area contributed by atoms with Crippen LogP contribution in [-0.4, -0.2) is 252 Å². The molecular weight excluding hydrogens is 1620 g/mol. The van der Waals surface area contributed by atoms with E-state index in [2.05, 4.69) is 69.1 Å². The number of aliphatic hydroxyl groups is 1. The lowest BCUT2D eigenvalue weighted by Gasteiger charge is -2.36. The summed E-state index contributed by atoms with van der Waals surface area (Å²) in [5, 5.41) is 74.8. The molecular formula is C86H134N20O19. The zero-order valence-electron chi connectivity index (χ0n) is 73.9. The van der Waals surface area contributed by atoms with Crippen molar-refractivity contribution < 1.29 is 96.5 Å². The smallest absolute Gasteiger partial charge is 0.279 e. The van der Waals surface area contributed by atoms with E-state index in [-0.39, 0.29) is 86.5 Å². The van der Waals surface area contributed by atoms with Gasteiger partial charge in [-0.05, 0) is 143 Å². The first kappa shape index (κ1) is 105. The number of likely N-dealkylation sites (tertiary alicyclic amines) is 1. The number of nitrogens with one attached hydrogen (secondary N) is 14. The number of hydrogen-bond donors (Lipinski definition) is 20. The van der Waals surface area contributed by atoms with Crippen LogP contribution >= 0.6 is 0 Å². The van der Waals surface area contributed by atoms with Gasteiger partial charge in [-0.1, -0.05) is 135 Å². The maximum atomic E-state index is 14.8. The minimum absolute atomic E-state index is 0.0254. The molecule has 39 nitrogen and oxygen atoms in total.